The Hall–Kier alpha value is -1.67. The summed E-state index contributed by atoms with van der Waals surface area (Å²) in [5.74, 6) is 2.71. The van der Waals surface area contributed by atoms with Crippen molar-refractivity contribution in [2.24, 2.45) is 0 Å². The number of piperazine rings is 1. The maximum absolute atomic E-state index is 12.1. The van der Waals surface area contributed by atoms with E-state index in [0.717, 1.165) is 25.1 Å². The highest BCUT2D eigenvalue weighted by molar-refractivity contribution is 5.68. The standard InChI is InChI=1S/C16H25N3O2/c1-6-14-7-8-18(12-14)19-10-9-17(11-13(19)2)15(20)21-16(3,4)5/h1,12-13H,7-11H2,2-5H3. The van der Waals surface area contributed by atoms with Gasteiger partial charge in [-0.15, -0.1) is 6.42 Å². The zero-order valence-electron chi connectivity index (χ0n) is 13.4. The molecule has 2 aliphatic rings. The Bertz CT molecular complexity index is 473. The molecule has 2 aliphatic heterocycles. The maximum atomic E-state index is 12.1. The van der Waals surface area contributed by atoms with E-state index in [4.69, 9.17) is 11.2 Å². The predicted molar refractivity (Wildman–Crippen MR) is 82.2 cm³/mol. The van der Waals surface area contributed by atoms with Crippen LogP contribution in [0.1, 0.15) is 34.1 Å². The average Bonchev–Trinajstić information content (AvgIpc) is 2.85. The molecule has 0 aromatic carbocycles. The first-order valence-corrected chi connectivity index (χ1v) is 7.48. The van der Waals surface area contributed by atoms with Gasteiger partial charge in [0.15, 0.2) is 0 Å². The van der Waals surface area contributed by atoms with Gasteiger partial charge in [0.25, 0.3) is 0 Å². The van der Waals surface area contributed by atoms with Crippen LogP contribution in [0, 0.1) is 12.3 Å². The molecule has 0 aliphatic carbocycles. The molecule has 0 aromatic rings. The van der Waals surface area contributed by atoms with E-state index >= 15 is 0 Å². The van der Waals surface area contributed by atoms with Gasteiger partial charge in [0, 0.05) is 50.4 Å². The van der Waals surface area contributed by atoms with Crippen LogP contribution >= 0.6 is 0 Å². The Labute approximate surface area is 127 Å². The van der Waals surface area contributed by atoms with Gasteiger partial charge in [-0.05, 0) is 27.7 Å². The summed E-state index contributed by atoms with van der Waals surface area (Å²) in [5, 5.41) is 4.47. The lowest BCUT2D eigenvalue weighted by atomic mass is 10.2. The number of carbonyl (C=O) groups is 1. The van der Waals surface area contributed by atoms with E-state index < -0.39 is 5.60 Å². The van der Waals surface area contributed by atoms with Gasteiger partial charge in [0.05, 0.1) is 0 Å². The highest BCUT2D eigenvalue weighted by atomic mass is 16.6. The van der Waals surface area contributed by atoms with E-state index in [1.165, 1.54) is 0 Å². The largest absolute Gasteiger partial charge is 0.444 e. The van der Waals surface area contributed by atoms with Crippen molar-refractivity contribution in [1.82, 2.24) is 14.9 Å². The van der Waals surface area contributed by atoms with E-state index in [0.29, 0.717) is 13.1 Å². The maximum Gasteiger partial charge on any atom is 0.410 e. The fourth-order valence-electron chi connectivity index (χ4n) is 2.68. The van der Waals surface area contributed by atoms with Crippen molar-refractivity contribution < 1.29 is 9.53 Å². The van der Waals surface area contributed by atoms with Crippen LogP contribution in [0.15, 0.2) is 11.8 Å². The SMILES string of the molecule is C#CC1=CN(N2CCN(C(=O)OC(C)(C)C)CC2C)CC1. The van der Waals surface area contributed by atoms with Crippen molar-refractivity contribution >= 4 is 6.09 Å². The van der Waals surface area contributed by atoms with Crippen LogP contribution in [0.5, 0.6) is 0 Å². The summed E-state index contributed by atoms with van der Waals surface area (Å²) in [5.41, 5.74) is 0.591. The van der Waals surface area contributed by atoms with Gasteiger partial charge in [-0.25, -0.2) is 9.80 Å². The van der Waals surface area contributed by atoms with Gasteiger partial charge >= 0.3 is 6.09 Å². The van der Waals surface area contributed by atoms with Crippen LogP contribution in [-0.4, -0.2) is 58.8 Å². The van der Waals surface area contributed by atoms with Crippen LogP contribution in [0.3, 0.4) is 0 Å². The second kappa shape index (κ2) is 5.98. The lowest BCUT2D eigenvalue weighted by Crippen LogP contribution is -2.58. The fourth-order valence-corrected chi connectivity index (χ4v) is 2.68. The number of amides is 1. The molecule has 21 heavy (non-hydrogen) atoms. The fraction of sp³-hybridized carbons (Fsp3) is 0.688. The summed E-state index contributed by atoms with van der Waals surface area (Å²) in [6, 6.07) is 0.250. The molecule has 1 unspecified atom stereocenters. The summed E-state index contributed by atoms with van der Waals surface area (Å²) in [6.07, 6.45) is 8.19. The second-order valence-corrected chi connectivity index (χ2v) is 6.65. The predicted octanol–water partition coefficient (Wildman–Crippen LogP) is 2.07. The van der Waals surface area contributed by atoms with Crippen molar-refractivity contribution in [3.05, 3.63) is 11.8 Å². The molecule has 0 spiro atoms. The molecule has 116 valence electrons. The number of carbonyl (C=O) groups excluding carboxylic acids is 1. The third-order valence-electron chi connectivity index (χ3n) is 3.67. The van der Waals surface area contributed by atoms with Gasteiger partial charge in [-0.2, -0.15) is 0 Å². The minimum atomic E-state index is -0.448. The Morgan fingerprint density at radius 2 is 2.10 bits per heavy atom. The number of hydrogen-bond acceptors (Lipinski definition) is 4. The van der Waals surface area contributed by atoms with Crippen LogP contribution < -0.4 is 0 Å². The smallest absolute Gasteiger partial charge is 0.410 e. The number of rotatable bonds is 1. The first kappa shape index (κ1) is 15.7. The van der Waals surface area contributed by atoms with E-state index in [1.54, 1.807) is 4.90 Å². The lowest BCUT2D eigenvalue weighted by Gasteiger charge is -2.44. The lowest BCUT2D eigenvalue weighted by molar-refractivity contribution is -0.0582. The van der Waals surface area contributed by atoms with Gasteiger partial charge in [0.1, 0.15) is 5.60 Å². The van der Waals surface area contributed by atoms with Gasteiger partial charge in [0.2, 0.25) is 0 Å². The normalized spacial score (nSPS) is 23.8. The zero-order chi connectivity index (χ0) is 15.6. The molecule has 0 saturated carbocycles. The van der Waals surface area contributed by atoms with Crippen LogP contribution in [-0.2, 0) is 4.74 Å². The third kappa shape index (κ3) is 3.92. The van der Waals surface area contributed by atoms with E-state index in [-0.39, 0.29) is 12.1 Å². The molecule has 2 rings (SSSR count). The number of nitrogens with zero attached hydrogens (tertiary/aromatic N) is 3. The molecule has 1 amide bonds. The average molecular weight is 291 g/mol. The molecule has 5 heteroatoms. The molecular weight excluding hydrogens is 266 g/mol. The molecule has 0 N–H and O–H groups in total. The molecule has 2 heterocycles. The number of hydrogen-bond donors (Lipinski definition) is 0. The van der Waals surface area contributed by atoms with Gasteiger partial charge < -0.3 is 14.6 Å². The number of terminal acetylenes is 1. The minimum absolute atomic E-state index is 0.227. The molecular formula is C16H25N3O2. The van der Waals surface area contributed by atoms with Crippen LogP contribution in [0.2, 0.25) is 0 Å². The highest BCUT2D eigenvalue weighted by Crippen LogP contribution is 2.21. The molecule has 1 atom stereocenters. The van der Waals surface area contributed by atoms with Crippen molar-refractivity contribution in [2.45, 2.75) is 45.8 Å². The Kier molecular flexibility index (Phi) is 4.48. The third-order valence-corrected chi connectivity index (χ3v) is 3.67. The Morgan fingerprint density at radius 1 is 1.38 bits per heavy atom. The summed E-state index contributed by atoms with van der Waals surface area (Å²) in [7, 11) is 0. The molecule has 0 aromatic heterocycles. The topological polar surface area (TPSA) is 36.0 Å². The van der Waals surface area contributed by atoms with Crippen molar-refractivity contribution in [3.8, 4) is 12.3 Å². The molecule has 1 saturated heterocycles. The van der Waals surface area contributed by atoms with Crippen molar-refractivity contribution in [3.63, 3.8) is 0 Å². The van der Waals surface area contributed by atoms with Crippen molar-refractivity contribution in [1.29, 1.82) is 0 Å². The molecule has 0 bridgehead atoms. The second-order valence-electron chi connectivity index (χ2n) is 6.65. The first-order chi connectivity index (χ1) is 9.80. The van der Waals surface area contributed by atoms with Gasteiger partial charge in [-0.3, -0.25) is 0 Å². The Balaban J connectivity index is 1.92. The van der Waals surface area contributed by atoms with E-state index in [1.807, 2.05) is 27.0 Å². The quantitative estimate of drug-likeness (QED) is 0.693. The molecule has 0 radical (unpaired) electrons. The monoisotopic (exact) mass is 291 g/mol. The highest BCUT2D eigenvalue weighted by Gasteiger charge is 2.32. The number of ether oxygens (including phenoxy) is 1. The van der Waals surface area contributed by atoms with E-state index in [9.17, 15) is 4.79 Å². The van der Waals surface area contributed by atoms with Gasteiger partial charge in [-0.1, -0.05) is 5.92 Å². The minimum Gasteiger partial charge on any atom is -0.444 e. The Morgan fingerprint density at radius 3 is 2.62 bits per heavy atom. The van der Waals surface area contributed by atoms with Crippen molar-refractivity contribution in [2.75, 3.05) is 26.2 Å². The van der Waals surface area contributed by atoms with Crippen LogP contribution in [0.25, 0.3) is 0 Å². The van der Waals surface area contributed by atoms with Crippen LogP contribution in [0.4, 0.5) is 4.79 Å². The van der Waals surface area contributed by atoms with E-state index in [2.05, 4.69) is 22.9 Å². The summed E-state index contributed by atoms with van der Waals surface area (Å²) >= 11 is 0. The molecule has 1 fully saturated rings. The summed E-state index contributed by atoms with van der Waals surface area (Å²) in [6.45, 7) is 10.9. The number of hydrazine groups is 1. The first-order valence-electron chi connectivity index (χ1n) is 7.48. The summed E-state index contributed by atoms with van der Waals surface area (Å²) < 4.78 is 5.44. The summed E-state index contributed by atoms with van der Waals surface area (Å²) in [4.78, 5) is 13.9. The molecule has 5 nitrogen and oxygen atoms in total. The zero-order valence-corrected chi connectivity index (χ0v) is 13.4.